The van der Waals surface area contributed by atoms with Crippen molar-refractivity contribution < 1.29 is 14.6 Å². The summed E-state index contributed by atoms with van der Waals surface area (Å²) in [6.45, 7) is 0. The van der Waals surface area contributed by atoms with Crippen molar-refractivity contribution in [3.8, 4) is 0 Å². The molecule has 86 valence electrons. The lowest BCUT2D eigenvalue weighted by Crippen LogP contribution is -2.14. The normalized spacial score (nSPS) is 17.1. The van der Waals surface area contributed by atoms with E-state index < -0.39 is 5.97 Å². The topological polar surface area (TPSA) is 46.5 Å². The van der Waals surface area contributed by atoms with Gasteiger partial charge in [0, 0.05) is 13.5 Å². The van der Waals surface area contributed by atoms with Crippen molar-refractivity contribution in [2.24, 2.45) is 0 Å². The van der Waals surface area contributed by atoms with Gasteiger partial charge in [0.1, 0.15) is 0 Å². The van der Waals surface area contributed by atoms with E-state index in [9.17, 15) is 4.79 Å². The van der Waals surface area contributed by atoms with E-state index in [1.807, 2.05) is 24.3 Å². The Labute approximate surface area is 95.0 Å². The van der Waals surface area contributed by atoms with Crippen molar-refractivity contribution in [2.45, 2.75) is 31.3 Å². The van der Waals surface area contributed by atoms with Gasteiger partial charge >= 0.3 is 5.97 Å². The number of rotatable bonds is 5. The fourth-order valence-corrected chi connectivity index (χ4v) is 1.91. The van der Waals surface area contributed by atoms with Crippen molar-refractivity contribution in [3.63, 3.8) is 0 Å². The highest BCUT2D eigenvalue weighted by Crippen LogP contribution is 2.41. The summed E-state index contributed by atoms with van der Waals surface area (Å²) in [5.41, 5.74) is 2.13. The number of hydrogen-bond acceptors (Lipinski definition) is 2. The van der Waals surface area contributed by atoms with Crippen LogP contribution in [0.2, 0.25) is 0 Å². The van der Waals surface area contributed by atoms with Crippen LogP contribution >= 0.6 is 0 Å². The fourth-order valence-electron chi connectivity index (χ4n) is 1.91. The Kier molecular flexibility index (Phi) is 2.97. The third-order valence-corrected chi connectivity index (χ3v) is 3.15. The summed E-state index contributed by atoms with van der Waals surface area (Å²) in [6.07, 6.45) is 3.27. The first-order chi connectivity index (χ1) is 7.63. The number of carbonyl (C=O) groups is 1. The summed E-state index contributed by atoms with van der Waals surface area (Å²) in [7, 11) is 1.76. The molecule has 1 aromatic carbocycles. The van der Waals surface area contributed by atoms with Crippen LogP contribution in [0.1, 0.15) is 24.0 Å². The Morgan fingerprint density at radius 3 is 2.31 bits per heavy atom. The minimum atomic E-state index is -0.789. The summed E-state index contributed by atoms with van der Waals surface area (Å²) in [5.74, 6) is -0.789. The molecular weight excluding hydrogens is 204 g/mol. The molecule has 2 rings (SSSR count). The van der Waals surface area contributed by atoms with Gasteiger partial charge in [-0.1, -0.05) is 24.3 Å². The molecule has 0 radical (unpaired) electrons. The largest absolute Gasteiger partial charge is 0.481 e. The van der Waals surface area contributed by atoms with Crippen molar-refractivity contribution >= 4 is 5.97 Å². The van der Waals surface area contributed by atoms with Crippen LogP contribution in [0.15, 0.2) is 24.3 Å². The van der Waals surface area contributed by atoms with Crippen molar-refractivity contribution in [3.05, 3.63) is 35.4 Å². The van der Waals surface area contributed by atoms with Gasteiger partial charge in [0.15, 0.2) is 0 Å². The second-order valence-corrected chi connectivity index (χ2v) is 4.45. The highest BCUT2D eigenvalue weighted by molar-refractivity contribution is 5.70. The number of hydrogen-bond donors (Lipinski definition) is 1. The van der Waals surface area contributed by atoms with Crippen LogP contribution < -0.4 is 0 Å². The Morgan fingerprint density at radius 1 is 1.31 bits per heavy atom. The molecule has 0 aliphatic heterocycles. The maximum Gasteiger partial charge on any atom is 0.307 e. The van der Waals surface area contributed by atoms with Gasteiger partial charge in [-0.3, -0.25) is 4.79 Å². The first kappa shape index (κ1) is 11.1. The zero-order chi connectivity index (χ0) is 11.6. The van der Waals surface area contributed by atoms with Crippen LogP contribution in [0.3, 0.4) is 0 Å². The monoisotopic (exact) mass is 220 g/mol. The highest BCUT2D eigenvalue weighted by Gasteiger charge is 2.42. The zero-order valence-electron chi connectivity index (χ0n) is 9.40. The van der Waals surface area contributed by atoms with E-state index >= 15 is 0 Å². The molecule has 1 aromatic rings. The van der Waals surface area contributed by atoms with Crippen molar-refractivity contribution in [2.75, 3.05) is 7.11 Å². The number of methoxy groups -OCH3 is 1. The standard InChI is InChI=1S/C13H16O3/c1-16-13(6-7-13)9-11-4-2-10(3-5-11)8-12(14)15/h2-5H,6-9H2,1H3,(H,14,15). The fraction of sp³-hybridized carbons (Fsp3) is 0.462. The summed E-state index contributed by atoms with van der Waals surface area (Å²) < 4.78 is 5.45. The number of ether oxygens (including phenoxy) is 1. The van der Waals surface area contributed by atoms with E-state index in [0.717, 1.165) is 24.8 Å². The van der Waals surface area contributed by atoms with Gasteiger partial charge in [0.25, 0.3) is 0 Å². The van der Waals surface area contributed by atoms with Crippen molar-refractivity contribution in [1.29, 1.82) is 0 Å². The number of aliphatic carboxylic acids is 1. The maximum atomic E-state index is 10.5. The summed E-state index contributed by atoms with van der Waals surface area (Å²) >= 11 is 0. The maximum absolute atomic E-state index is 10.5. The Hall–Kier alpha value is -1.35. The smallest absolute Gasteiger partial charge is 0.307 e. The molecule has 1 saturated carbocycles. The molecule has 1 N–H and O–H groups in total. The summed E-state index contributed by atoms with van der Waals surface area (Å²) in [6, 6.07) is 7.76. The van der Waals surface area contributed by atoms with E-state index in [0.29, 0.717) is 0 Å². The van der Waals surface area contributed by atoms with Gasteiger partial charge in [-0.15, -0.1) is 0 Å². The van der Waals surface area contributed by atoms with Crippen LogP contribution in [0.5, 0.6) is 0 Å². The molecule has 1 aliphatic rings. The quantitative estimate of drug-likeness (QED) is 0.826. The predicted octanol–water partition coefficient (Wildman–Crippen LogP) is 2.04. The van der Waals surface area contributed by atoms with Gasteiger partial charge in [0.05, 0.1) is 12.0 Å². The molecule has 0 unspecified atom stereocenters. The molecular formula is C13H16O3. The number of benzene rings is 1. The molecule has 16 heavy (non-hydrogen) atoms. The molecule has 1 aliphatic carbocycles. The Morgan fingerprint density at radius 2 is 1.88 bits per heavy atom. The summed E-state index contributed by atoms with van der Waals surface area (Å²) in [4.78, 5) is 10.5. The molecule has 0 amide bonds. The van der Waals surface area contributed by atoms with E-state index in [2.05, 4.69) is 0 Å². The zero-order valence-corrected chi connectivity index (χ0v) is 9.40. The minimum absolute atomic E-state index is 0.0638. The average Bonchev–Trinajstić information content (AvgIpc) is 3.01. The highest BCUT2D eigenvalue weighted by atomic mass is 16.5. The second kappa shape index (κ2) is 4.26. The minimum Gasteiger partial charge on any atom is -0.481 e. The lowest BCUT2D eigenvalue weighted by molar-refractivity contribution is -0.136. The molecule has 0 heterocycles. The lowest BCUT2D eigenvalue weighted by atomic mass is 10.0. The first-order valence-electron chi connectivity index (χ1n) is 5.48. The van der Waals surface area contributed by atoms with Gasteiger partial charge in [-0.2, -0.15) is 0 Å². The van der Waals surface area contributed by atoms with E-state index in [4.69, 9.17) is 9.84 Å². The number of carboxylic acid groups (broad SMARTS) is 1. The summed E-state index contributed by atoms with van der Waals surface area (Å²) in [5, 5.41) is 8.65. The SMILES string of the molecule is COC1(Cc2ccc(CC(=O)O)cc2)CC1. The second-order valence-electron chi connectivity index (χ2n) is 4.45. The van der Waals surface area contributed by atoms with Gasteiger partial charge in [-0.25, -0.2) is 0 Å². The molecule has 0 bridgehead atoms. The predicted molar refractivity (Wildman–Crippen MR) is 60.5 cm³/mol. The molecule has 0 spiro atoms. The van der Waals surface area contributed by atoms with Crippen LogP contribution in [0.4, 0.5) is 0 Å². The third-order valence-electron chi connectivity index (χ3n) is 3.15. The van der Waals surface area contributed by atoms with Crippen molar-refractivity contribution in [1.82, 2.24) is 0 Å². The van der Waals surface area contributed by atoms with Crippen LogP contribution in [-0.2, 0) is 22.4 Å². The Balaban J connectivity index is 1.99. The van der Waals surface area contributed by atoms with Crippen LogP contribution in [0.25, 0.3) is 0 Å². The average molecular weight is 220 g/mol. The van der Waals surface area contributed by atoms with Gasteiger partial charge in [0.2, 0.25) is 0 Å². The molecule has 3 heteroatoms. The number of carboxylic acids is 1. The lowest BCUT2D eigenvalue weighted by Gasteiger charge is -2.13. The first-order valence-corrected chi connectivity index (χ1v) is 5.48. The molecule has 0 saturated heterocycles. The molecule has 1 fully saturated rings. The van der Waals surface area contributed by atoms with E-state index in [1.165, 1.54) is 5.56 Å². The van der Waals surface area contributed by atoms with E-state index in [-0.39, 0.29) is 12.0 Å². The van der Waals surface area contributed by atoms with Gasteiger partial charge < -0.3 is 9.84 Å². The third kappa shape index (κ3) is 2.61. The van der Waals surface area contributed by atoms with Crippen LogP contribution in [-0.4, -0.2) is 23.8 Å². The van der Waals surface area contributed by atoms with Crippen LogP contribution in [0, 0.1) is 0 Å². The molecule has 0 atom stereocenters. The Bertz CT molecular complexity index is 377. The molecule has 3 nitrogen and oxygen atoms in total. The van der Waals surface area contributed by atoms with Gasteiger partial charge in [-0.05, 0) is 24.0 Å². The van der Waals surface area contributed by atoms with E-state index in [1.54, 1.807) is 7.11 Å². The molecule has 0 aromatic heterocycles.